The molecule has 1 aromatic heterocycles. The van der Waals surface area contributed by atoms with Crippen molar-refractivity contribution in [3.63, 3.8) is 0 Å². The molecule has 1 aromatic rings. The van der Waals surface area contributed by atoms with Crippen LogP contribution in [-0.2, 0) is 17.6 Å². The number of carbonyl (C=O) groups excluding carboxylic acids is 1. The third-order valence-electron chi connectivity index (χ3n) is 4.44. The molecule has 1 aliphatic carbocycles. The second kappa shape index (κ2) is 6.60. The van der Waals surface area contributed by atoms with Crippen LogP contribution in [0.25, 0.3) is 0 Å². The Morgan fingerprint density at radius 3 is 2.52 bits per heavy atom. The normalized spacial score (nSPS) is 14.6. The van der Waals surface area contributed by atoms with Crippen LogP contribution in [0.15, 0.2) is 6.07 Å². The van der Waals surface area contributed by atoms with Crippen LogP contribution in [0, 0.1) is 0 Å². The zero-order chi connectivity index (χ0) is 15.5. The molecule has 1 amide bonds. The lowest BCUT2D eigenvalue weighted by atomic mass is 9.89. The molecule has 0 radical (unpaired) electrons. The average molecular weight is 309 g/mol. The van der Waals surface area contributed by atoms with E-state index >= 15 is 0 Å². The molecule has 0 saturated carbocycles. The molecule has 0 fully saturated rings. The average Bonchev–Trinajstić information content (AvgIpc) is 2.90. The van der Waals surface area contributed by atoms with Gasteiger partial charge in [-0.2, -0.15) is 0 Å². The van der Waals surface area contributed by atoms with Gasteiger partial charge in [-0.25, -0.2) is 0 Å². The molecular formula is C16H23NO3S. The summed E-state index contributed by atoms with van der Waals surface area (Å²) in [4.78, 5) is 25.6. The first kappa shape index (κ1) is 16.0. The lowest BCUT2D eigenvalue weighted by Gasteiger charge is -2.31. The Hall–Kier alpha value is -1.36. The number of carboxylic acid groups (broad SMARTS) is 1. The van der Waals surface area contributed by atoms with E-state index in [0.29, 0.717) is 12.8 Å². The second-order valence-corrected chi connectivity index (χ2v) is 6.91. The van der Waals surface area contributed by atoms with Crippen LogP contribution in [0.1, 0.15) is 66.1 Å². The number of rotatable bonds is 6. The SMILES string of the molecule is CCC(CC)(CC(=O)O)NC(=O)c1cc2c(s1)CCCC2. The van der Waals surface area contributed by atoms with Gasteiger partial charge < -0.3 is 10.4 Å². The number of carbonyl (C=O) groups is 2. The van der Waals surface area contributed by atoms with Crippen molar-refractivity contribution in [1.29, 1.82) is 0 Å². The van der Waals surface area contributed by atoms with E-state index in [1.54, 1.807) is 11.3 Å². The number of aliphatic carboxylic acids is 1. The molecule has 0 unspecified atom stereocenters. The molecule has 0 aliphatic heterocycles. The summed E-state index contributed by atoms with van der Waals surface area (Å²) in [5.74, 6) is -0.996. The zero-order valence-corrected chi connectivity index (χ0v) is 13.5. The number of hydrogen-bond donors (Lipinski definition) is 2. The van der Waals surface area contributed by atoms with Gasteiger partial charge in [0, 0.05) is 4.88 Å². The van der Waals surface area contributed by atoms with E-state index in [1.165, 1.54) is 23.3 Å². The number of aryl methyl sites for hydroxylation is 2. The van der Waals surface area contributed by atoms with Crippen molar-refractivity contribution >= 4 is 23.2 Å². The largest absolute Gasteiger partial charge is 0.481 e. The van der Waals surface area contributed by atoms with Gasteiger partial charge in [0.15, 0.2) is 0 Å². The van der Waals surface area contributed by atoms with Gasteiger partial charge in [-0.3, -0.25) is 9.59 Å². The standard InChI is InChI=1S/C16H23NO3S/c1-3-16(4-2,10-14(18)19)17-15(20)13-9-11-7-5-6-8-12(11)21-13/h9H,3-8,10H2,1-2H3,(H,17,20)(H,18,19). The number of carboxylic acids is 1. The second-order valence-electron chi connectivity index (χ2n) is 5.78. The smallest absolute Gasteiger partial charge is 0.305 e. The molecular weight excluding hydrogens is 286 g/mol. The van der Waals surface area contributed by atoms with Crippen molar-refractivity contribution in [2.24, 2.45) is 0 Å². The van der Waals surface area contributed by atoms with E-state index in [2.05, 4.69) is 5.32 Å². The number of fused-ring (bicyclic) bond motifs is 1. The van der Waals surface area contributed by atoms with Gasteiger partial charge in [-0.05, 0) is 50.2 Å². The highest BCUT2D eigenvalue weighted by molar-refractivity contribution is 7.14. The van der Waals surface area contributed by atoms with E-state index in [-0.39, 0.29) is 12.3 Å². The minimum absolute atomic E-state index is 0.0309. The molecule has 1 heterocycles. The Morgan fingerprint density at radius 1 is 1.29 bits per heavy atom. The highest BCUT2D eigenvalue weighted by Gasteiger charge is 2.32. The van der Waals surface area contributed by atoms with Gasteiger partial charge in [-0.1, -0.05) is 13.8 Å². The summed E-state index contributed by atoms with van der Waals surface area (Å²) in [6.45, 7) is 3.85. The molecule has 116 valence electrons. The fraction of sp³-hybridized carbons (Fsp3) is 0.625. The van der Waals surface area contributed by atoms with Crippen LogP contribution in [0.2, 0.25) is 0 Å². The van der Waals surface area contributed by atoms with Gasteiger partial charge in [0.2, 0.25) is 0 Å². The fourth-order valence-corrected chi connectivity index (χ4v) is 4.06. The Labute approximate surface area is 129 Å². The zero-order valence-electron chi connectivity index (χ0n) is 12.7. The van der Waals surface area contributed by atoms with Crippen molar-refractivity contribution < 1.29 is 14.7 Å². The molecule has 0 bridgehead atoms. The van der Waals surface area contributed by atoms with E-state index < -0.39 is 11.5 Å². The molecule has 1 aliphatic rings. The van der Waals surface area contributed by atoms with Crippen molar-refractivity contribution in [3.05, 3.63) is 21.4 Å². The fourth-order valence-electron chi connectivity index (χ4n) is 2.92. The topological polar surface area (TPSA) is 66.4 Å². The third-order valence-corrected chi connectivity index (χ3v) is 5.68. The molecule has 0 atom stereocenters. The third kappa shape index (κ3) is 3.64. The van der Waals surface area contributed by atoms with Crippen LogP contribution in [0.5, 0.6) is 0 Å². The summed E-state index contributed by atoms with van der Waals surface area (Å²) in [7, 11) is 0. The Kier molecular flexibility index (Phi) is 5.04. The quantitative estimate of drug-likeness (QED) is 0.846. The highest BCUT2D eigenvalue weighted by atomic mass is 32.1. The van der Waals surface area contributed by atoms with Crippen LogP contribution in [0.4, 0.5) is 0 Å². The van der Waals surface area contributed by atoms with E-state index in [1.807, 2.05) is 19.9 Å². The first-order valence-corrected chi connectivity index (χ1v) is 8.47. The summed E-state index contributed by atoms with van der Waals surface area (Å²) in [5.41, 5.74) is 0.654. The molecule has 0 aromatic carbocycles. The minimum atomic E-state index is -0.871. The van der Waals surface area contributed by atoms with Gasteiger partial charge in [-0.15, -0.1) is 11.3 Å². The lowest BCUT2D eigenvalue weighted by molar-refractivity contribution is -0.138. The maximum Gasteiger partial charge on any atom is 0.305 e. The molecule has 2 rings (SSSR count). The Morgan fingerprint density at radius 2 is 1.95 bits per heavy atom. The van der Waals surface area contributed by atoms with Gasteiger partial charge >= 0.3 is 5.97 Å². The molecule has 21 heavy (non-hydrogen) atoms. The summed E-state index contributed by atoms with van der Waals surface area (Å²) in [5, 5.41) is 12.1. The summed E-state index contributed by atoms with van der Waals surface area (Å²) < 4.78 is 0. The predicted octanol–water partition coefficient (Wildman–Crippen LogP) is 3.39. The van der Waals surface area contributed by atoms with Crippen molar-refractivity contribution in [2.75, 3.05) is 0 Å². The molecule has 0 spiro atoms. The molecule has 0 saturated heterocycles. The van der Waals surface area contributed by atoms with Crippen molar-refractivity contribution in [1.82, 2.24) is 5.32 Å². The highest BCUT2D eigenvalue weighted by Crippen LogP contribution is 2.30. The minimum Gasteiger partial charge on any atom is -0.481 e. The predicted molar refractivity (Wildman–Crippen MR) is 84.0 cm³/mol. The van der Waals surface area contributed by atoms with E-state index in [9.17, 15) is 9.59 Å². The van der Waals surface area contributed by atoms with Crippen LogP contribution >= 0.6 is 11.3 Å². The van der Waals surface area contributed by atoms with Gasteiger partial charge in [0.1, 0.15) is 0 Å². The van der Waals surface area contributed by atoms with Crippen LogP contribution in [0.3, 0.4) is 0 Å². The number of thiophene rings is 1. The first-order chi connectivity index (χ1) is 9.99. The summed E-state index contributed by atoms with van der Waals surface area (Å²) in [6.07, 6.45) is 5.71. The molecule has 2 N–H and O–H groups in total. The monoisotopic (exact) mass is 309 g/mol. The summed E-state index contributed by atoms with van der Waals surface area (Å²) in [6, 6.07) is 1.99. The Bertz CT molecular complexity index is 508. The van der Waals surface area contributed by atoms with Crippen LogP contribution in [-0.4, -0.2) is 22.5 Å². The Balaban J connectivity index is 2.15. The molecule has 5 heteroatoms. The summed E-state index contributed by atoms with van der Waals surface area (Å²) >= 11 is 1.56. The van der Waals surface area contributed by atoms with Gasteiger partial charge in [0.25, 0.3) is 5.91 Å². The van der Waals surface area contributed by atoms with Crippen molar-refractivity contribution in [2.45, 2.75) is 64.3 Å². The number of hydrogen-bond acceptors (Lipinski definition) is 3. The van der Waals surface area contributed by atoms with E-state index in [4.69, 9.17) is 5.11 Å². The molecule has 4 nitrogen and oxygen atoms in total. The first-order valence-electron chi connectivity index (χ1n) is 7.65. The lowest BCUT2D eigenvalue weighted by Crippen LogP contribution is -2.48. The van der Waals surface area contributed by atoms with Crippen molar-refractivity contribution in [3.8, 4) is 0 Å². The maximum absolute atomic E-state index is 12.5. The van der Waals surface area contributed by atoms with E-state index in [0.717, 1.165) is 17.7 Å². The van der Waals surface area contributed by atoms with Gasteiger partial charge in [0.05, 0.1) is 16.8 Å². The van der Waals surface area contributed by atoms with Crippen LogP contribution < -0.4 is 5.32 Å². The number of nitrogens with one attached hydrogen (secondary N) is 1. The maximum atomic E-state index is 12.5. The number of amides is 1.